The van der Waals surface area contributed by atoms with Crippen LogP contribution in [-0.2, 0) is 25.8 Å². The number of nitrogens with one attached hydrogen (secondary N) is 2. The third-order valence-electron chi connectivity index (χ3n) is 5.56. The fourth-order valence-electron chi connectivity index (χ4n) is 3.54. The highest BCUT2D eigenvalue weighted by Gasteiger charge is 2.34. The molecule has 1 atom stereocenters. The van der Waals surface area contributed by atoms with Crippen LogP contribution in [0.1, 0.15) is 29.7 Å². The summed E-state index contributed by atoms with van der Waals surface area (Å²) in [5.41, 5.74) is 2.01. The van der Waals surface area contributed by atoms with E-state index < -0.39 is 39.2 Å². The van der Waals surface area contributed by atoms with Gasteiger partial charge in [-0.2, -0.15) is 18.3 Å². The molecule has 0 aromatic heterocycles. The van der Waals surface area contributed by atoms with Gasteiger partial charge < -0.3 is 10.1 Å². The molecule has 9 nitrogen and oxygen atoms in total. The van der Waals surface area contributed by atoms with Gasteiger partial charge in [-0.1, -0.05) is 41.9 Å². The monoisotopic (exact) mass is 610 g/mol. The normalized spacial score (nSPS) is 12.5. The largest absolute Gasteiger partial charge is 0.484 e. The van der Waals surface area contributed by atoms with Crippen molar-refractivity contribution in [3.63, 3.8) is 0 Å². The van der Waals surface area contributed by atoms with Crippen LogP contribution in [0.25, 0.3) is 0 Å². The van der Waals surface area contributed by atoms with Crippen molar-refractivity contribution in [1.82, 2.24) is 10.7 Å². The van der Waals surface area contributed by atoms with E-state index in [2.05, 4.69) is 15.8 Å². The molecule has 14 heteroatoms. The molecule has 3 aromatic rings. The van der Waals surface area contributed by atoms with Gasteiger partial charge >= 0.3 is 6.18 Å². The van der Waals surface area contributed by atoms with Gasteiger partial charge in [0.1, 0.15) is 12.3 Å². The summed E-state index contributed by atoms with van der Waals surface area (Å²) in [6.07, 6.45) is -2.80. The number of rotatable bonds is 11. The second-order valence-corrected chi connectivity index (χ2v) is 11.1. The number of benzene rings is 3. The number of anilines is 1. The molecular formula is C27H26ClF3N4O5S. The summed E-state index contributed by atoms with van der Waals surface area (Å²) >= 11 is 5.60. The van der Waals surface area contributed by atoms with Gasteiger partial charge in [0.2, 0.25) is 10.0 Å². The van der Waals surface area contributed by atoms with Crippen molar-refractivity contribution in [3.05, 3.63) is 94.5 Å². The third kappa shape index (κ3) is 9.50. The summed E-state index contributed by atoms with van der Waals surface area (Å²) in [6, 6.07) is 18.2. The van der Waals surface area contributed by atoms with Crippen molar-refractivity contribution < 1.29 is 35.9 Å². The zero-order valence-corrected chi connectivity index (χ0v) is 23.4. The standard InChI is InChI=1S/C27H26ClF3N4O5S/c1-18(20-6-4-3-5-7-20)33-26(37)17-40-22-11-8-19(9-12-22)15-32-34-25(36)16-35(41(2,38)39)21-10-13-24(28)23(14-21)27(29,30)31/h3-15,18H,16-17H2,1-2H3,(H,33,37)(H,34,36)/b32-15-/t18-/m1/s1. The number of amides is 2. The number of nitrogens with zero attached hydrogens (tertiary/aromatic N) is 2. The van der Waals surface area contributed by atoms with E-state index in [1.165, 1.54) is 6.21 Å². The van der Waals surface area contributed by atoms with Crippen LogP contribution in [0.2, 0.25) is 5.02 Å². The summed E-state index contributed by atoms with van der Waals surface area (Å²) in [7, 11) is -4.14. The summed E-state index contributed by atoms with van der Waals surface area (Å²) in [4.78, 5) is 24.5. The Morgan fingerprint density at radius 3 is 2.32 bits per heavy atom. The average Bonchev–Trinajstić information content (AvgIpc) is 2.91. The summed E-state index contributed by atoms with van der Waals surface area (Å²) in [5.74, 6) is -0.782. The third-order valence-corrected chi connectivity index (χ3v) is 7.03. The van der Waals surface area contributed by atoms with E-state index in [9.17, 15) is 31.2 Å². The van der Waals surface area contributed by atoms with Crippen LogP contribution in [0.4, 0.5) is 18.9 Å². The van der Waals surface area contributed by atoms with Crippen LogP contribution in [0, 0.1) is 0 Å². The number of alkyl halides is 3. The molecule has 0 saturated heterocycles. The number of halogens is 4. The lowest BCUT2D eigenvalue weighted by Crippen LogP contribution is -2.39. The van der Waals surface area contributed by atoms with Crippen molar-refractivity contribution in [1.29, 1.82) is 0 Å². The Kier molecular flexibility index (Phi) is 10.4. The smallest absolute Gasteiger partial charge is 0.417 e. The lowest BCUT2D eigenvalue weighted by atomic mass is 10.1. The molecule has 41 heavy (non-hydrogen) atoms. The fourth-order valence-corrected chi connectivity index (χ4v) is 4.61. The van der Waals surface area contributed by atoms with Gasteiger partial charge in [0, 0.05) is 0 Å². The van der Waals surface area contributed by atoms with Gasteiger partial charge in [-0.15, -0.1) is 0 Å². The van der Waals surface area contributed by atoms with Gasteiger partial charge in [0.05, 0.1) is 34.8 Å². The Labute approximate surface area is 240 Å². The highest BCUT2D eigenvalue weighted by atomic mass is 35.5. The number of hydrogen-bond donors (Lipinski definition) is 2. The first kappa shape index (κ1) is 31.4. The van der Waals surface area contributed by atoms with Gasteiger partial charge in [0.15, 0.2) is 6.61 Å². The highest BCUT2D eigenvalue weighted by molar-refractivity contribution is 7.92. The summed E-state index contributed by atoms with van der Waals surface area (Å²) in [6.45, 7) is 0.836. The quantitative estimate of drug-likeness (QED) is 0.244. The van der Waals surface area contributed by atoms with Crippen molar-refractivity contribution in [2.24, 2.45) is 5.10 Å². The van der Waals surface area contributed by atoms with Crippen LogP contribution >= 0.6 is 11.6 Å². The van der Waals surface area contributed by atoms with Gasteiger partial charge in [-0.25, -0.2) is 13.8 Å². The van der Waals surface area contributed by atoms with Crippen LogP contribution < -0.4 is 19.8 Å². The van der Waals surface area contributed by atoms with Crippen molar-refractivity contribution in [3.8, 4) is 5.75 Å². The molecule has 0 aliphatic rings. The molecule has 0 spiro atoms. The molecule has 3 aromatic carbocycles. The topological polar surface area (TPSA) is 117 Å². The Morgan fingerprint density at radius 2 is 1.71 bits per heavy atom. The lowest BCUT2D eigenvalue weighted by molar-refractivity contribution is -0.137. The van der Waals surface area contributed by atoms with Crippen LogP contribution in [0.5, 0.6) is 5.75 Å². The zero-order chi connectivity index (χ0) is 30.2. The number of carbonyl (C=O) groups is 2. The van der Waals surface area contributed by atoms with Crippen LogP contribution in [-0.4, -0.2) is 45.9 Å². The van der Waals surface area contributed by atoms with Crippen LogP contribution in [0.3, 0.4) is 0 Å². The Morgan fingerprint density at radius 1 is 1.05 bits per heavy atom. The minimum absolute atomic E-state index is 0.186. The molecule has 0 radical (unpaired) electrons. The molecule has 3 rings (SSSR count). The maximum atomic E-state index is 13.2. The number of sulfonamides is 1. The molecule has 0 heterocycles. The first-order valence-corrected chi connectivity index (χ1v) is 14.2. The second kappa shape index (κ2) is 13.5. The van der Waals surface area contributed by atoms with Crippen LogP contribution in [0.15, 0.2) is 77.9 Å². The van der Waals surface area contributed by atoms with E-state index in [1.54, 1.807) is 24.3 Å². The van der Waals surface area contributed by atoms with E-state index in [1.807, 2.05) is 37.3 Å². The van der Waals surface area contributed by atoms with E-state index in [0.717, 1.165) is 24.0 Å². The molecular weight excluding hydrogens is 585 g/mol. The Bertz CT molecular complexity index is 1500. The molecule has 0 unspecified atom stereocenters. The SMILES string of the molecule is C[C@@H](NC(=O)COc1ccc(/C=N\NC(=O)CN(c2ccc(Cl)c(C(F)(F)F)c2)S(C)(=O)=O)cc1)c1ccccc1. The van der Waals surface area contributed by atoms with Crippen molar-refractivity contribution >= 4 is 45.3 Å². The maximum Gasteiger partial charge on any atom is 0.417 e. The molecule has 0 aliphatic carbocycles. The predicted molar refractivity (Wildman–Crippen MR) is 149 cm³/mol. The molecule has 218 valence electrons. The number of hydrogen-bond acceptors (Lipinski definition) is 6. The number of hydrazone groups is 1. The zero-order valence-electron chi connectivity index (χ0n) is 21.9. The van der Waals surface area contributed by atoms with Crippen molar-refractivity contribution in [2.45, 2.75) is 19.1 Å². The van der Waals surface area contributed by atoms with Gasteiger partial charge in [0.25, 0.3) is 11.8 Å². The summed E-state index contributed by atoms with van der Waals surface area (Å²) < 4.78 is 70.0. The van der Waals surface area contributed by atoms with Gasteiger partial charge in [-0.3, -0.25) is 13.9 Å². The minimum atomic E-state index is -4.82. The Hall–Kier alpha value is -4.10. The molecule has 2 N–H and O–H groups in total. The maximum absolute atomic E-state index is 13.2. The van der Waals surface area contributed by atoms with E-state index in [0.29, 0.717) is 21.7 Å². The molecule has 0 fully saturated rings. The molecule has 0 bridgehead atoms. The molecule has 0 saturated carbocycles. The number of ether oxygens (including phenoxy) is 1. The first-order chi connectivity index (χ1) is 19.2. The molecule has 2 amide bonds. The predicted octanol–water partition coefficient (Wildman–Crippen LogP) is 4.53. The summed E-state index contributed by atoms with van der Waals surface area (Å²) in [5, 5.41) is 5.98. The van der Waals surface area contributed by atoms with E-state index >= 15 is 0 Å². The average molecular weight is 611 g/mol. The Balaban J connectivity index is 1.54. The minimum Gasteiger partial charge on any atom is -0.484 e. The first-order valence-electron chi connectivity index (χ1n) is 12.0. The molecule has 0 aliphatic heterocycles. The van der Waals surface area contributed by atoms with E-state index in [-0.39, 0.29) is 24.2 Å². The highest BCUT2D eigenvalue weighted by Crippen LogP contribution is 2.37. The van der Waals surface area contributed by atoms with Gasteiger partial charge in [-0.05, 0) is 60.5 Å². The fraction of sp³-hybridized carbons (Fsp3) is 0.222. The lowest BCUT2D eigenvalue weighted by Gasteiger charge is -2.22. The second-order valence-electron chi connectivity index (χ2n) is 8.78. The van der Waals surface area contributed by atoms with Crippen molar-refractivity contribution in [2.75, 3.05) is 23.7 Å². The van der Waals surface area contributed by atoms with E-state index in [4.69, 9.17) is 16.3 Å². The number of carbonyl (C=O) groups excluding carboxylic acids is 2.